The first-order chi connectivity index (χ1) is 20.4. The van der Waals surface area contributed by atoms with E-state index in [1.165, 1.54) is 6.07 Å². The van der Waals surface area contributed by atoms with Crippen LogP contribution in [0.3, 0.4) is 0 Å². The summed E-state index contributed by atoms with van der Waals surface area (Å²) in [7, 11) is 0. The number of carbonyl (C=O) groups excluding carboxylic acids is 1. The van der Waals surface area contributed by atoms with Crippen molar-refractivity contribution >= 4 is 11.9 Å². The Bertz CT molecular complexity index is 1560. The first-order valence-electron chi connectivity index (χ1n) is 14.0. The number of carboxylic acids is 1. The normalized spacial score (nSPS) is 17.2. The summed E-state index contributed by atoms with van der Waals surface area (Å²) in [6, 6.07) is 21.9. The largest absolute Gasteiger partial charge is 0.480 e. The monoisotopic (exact) mass is 570 g/mol. The van der Waals surface area contributed by atoms with Crippen LogP contribution < -0.4 is 0 Å². The van der Waals surface area contributed by atoms with Crippen molar-refractivity contribution in [1.29, 1.82) is 0 Å². The summed E-state index contributed by atoms with van der Waals surface area (Å²) in [5.74, 6) is -1.08. The van der Waals surface area contributed by atoms with Crippen LogP contribution in [0, 0.1) is 11.2 Å². The molecule has 0 saturated carbocycles. The summed E-state index contributed by atoms with van der Waals surface area (Å²) >= 11 is 0. The standard InChI is InChI=1S/C32H31FN4O5/c33-27-20-25(10-11-26(27)23-4-2-1-3-5-23)29-34-28(35-42-29)24-8-6-22(7-9-24)21-36-14-12-32(13-15-36,31(39)40)30(38)37-16-18-41-19-17-37/h1-11,20H,12-19,21H2,(H,39,40). The molecular formula is C32H31FN4O5. The molecule has 0 radical (unpaired) electrons. The number of piperidine rings is 1. The zero-order valence-electron chi connectivity index (χ0n) is 23.0. The van der Waals surface area contributed by atoms with Gasteiger partial charge in [0.05, 0.1) is 13.2 Å². The van der Waals surface area contributed by atoms with Gasteiger partial charge >= 0.3 is 5.97 Å². The number of halogens is 1. The highest BCUT2D eigenvalue weighted by Crippen LogP contribution is 2.35. The van der Waals surface area contributed by atoms with E-state index in [9.17, 15) is 19.1 Å². The molecule has 3 aromatic carbocycles. The Hall–Kier alpha value is -4.41. The first-order valence-corrected chi connectivity index (χ1v) is 14.0. The molecule has 0 bridgehead atoms. The number of nitrogens with zero attached hydrogens (tertiary/aromatic N) is 4. The minimum absolute atomic E-state index is 0.231. The van der Waals surface area contributed by atoms with Crippen LogP contribution in [0.2, 0.25) is 0 Å². The van der Waals surface area contributed by atoms with Gasteiger partial charge in [0.15, 0.2) is 0 Å². The molecule has 0 unspecified atom stereocenters. The molecule has 1 amide bonds. The Kier molecular flexibility index (Phi) is 7.82. The third-order valence-electron chi connectivity index (χ3n) is 8.17. The van der Waals surface area contributed by atoms with Crippen LogP contribution in [-0.2, 0) is 20.9 Å². The molecule has 2 fully saturated rings. The van der Waals surface area contributed by atoms with Gasteiger partial charge in [-0.3, -0.25) is 14.5 Å². The molecule has 9 nitrogen and oxygen atoms in total. The molecule has 10 heteroatoms. The molecule has 3 heterocycles. The average molecular weight is 571 g/mol. The molecule has 4 aromatic rings. The van der Waals surface area contributed by atoms with Crippen molar-refractivity contribution < 1.29 is 28.3 Å². The van der Waals surface area contributed by atoms with Gasteiger partial charge in [0, 0.05) is 49.4 Å². The van der Waals surface area contributed by atoms with E-state index < -0.39 is 11.4 Å². The number of carbonyl (C=O) groups is 2. The quantitative estimate of drug-likeness (QED) is 0.318. The van der Waals surface area contributed by atoms with Crippen molar-refractivity contribution in [3.63, 3.8) is 0 Å². The zero-order chi connectivity index (χ0) is 29.1. The van der Waals surface area contributed by atoms with Crippen LogP contribution in [0.5, 0.6) is 0 Å². The Morgan fingerprint density at radius 2 is 1.57 bits per heavy atom. The van der Waals surface area contributed by atoms with Crippen LogP contribution in [0.4, 0.5) is 4.39 Å². The fourth-order valence-electron chi connectivity index (χ4n) is 5.66. The van der Waals surface area contributed by atoms with Gasteiger partial charge in [-0.1, -0.05) is 65.8 Å². The van der Waals surface area contributed by atoms with Crippen molar-refractivity contribution in [3.8, 4) is 34.0 Å². The highest BCUT2D eigenvalue weighted by atomic mass is 19.1. The predicted octanol–water partition coefficient (Wildman–Crippen LogP) is 4.74. The summed E-state index contributed by atoms with van der Waals surface area (Å²) in [6.45, 7) is 3.40. The molecule has 216 valence electrons. The van der Waals surface area contributed by atoms with E-state index >= 15 is 0 Å². The maximum absolute atomic E-state index is 14.8. The molecule has 6 rings (SSSR count). The fourth-order valence-corrected chi connectivity index (χ4v) is 5.66. The number of aliphatic carboxylic acids is 1. The molecule has 2 aliphatic rings. The van der Waals surface area contributed by atoms with E-state index in [0.29, 0.717) is 62.9 Å². The lowest BCUT2D eigenvalue weighted by Crippen LogP contribution is -2.56. The second kappa shape index (κ2) is 11.8. The topological polar surface area (TPSA) is 109 Å². The highest BCUT2D eigenvalue weighted by molar-refractivity contribution is 6.02. The minimum Gasteiger partial charge on any atom is -0.480 e. The minimum atomic E-state index is -1.38. The molecule has 1 N–H and O–H groups in total. The van der Waals surface area contributed by atoms with Crippen molar-refractivity contribution in [1.82, 2.24) is 19.9 Å². The zero-order valence-corrected chi connectivity index (χ0v) is 23.0. The maximum atomic E-state index is 14.8. The Morgan fingerprint density at radius 1 is 0.881 bits per heavy atom. The number of rotatable bonds is 7. The number of ether oxygens (including phenoxy) is 1. The van der Waals surface area contributed by atoms with Crippen molar-refractivity contribution in [3.05, 3.63) is 84.2 Å². The Balaban J connectivity index is 1.08. The molecule has 0 spiro atoms. The lowest BCUT2D eigenvalue weighted by molar-refractivity contribution is -0.166. The molecular weight excluding hydrogens is 539 g/mol. The van der Waals surface area contributed by atoms with Gasteiger partial charge < -0.3 is 19.3 Å². The number of morpholine rings is 1. The number of hydrogen-bond donors (Lipinski definition) is 1. The summed E-state index contributed by atoms with van der Waals surface area (Å²) in [5, 5.41) is 14.1. The maximum Gasteiger partial charge on any atom is 0.319 e. The van der Waals surface area contributed by atoms with Crippen molar-refractivity contribution in [2.45, 2.75) is 19.4 Å². The molecule has 0 aliphatic carbocycles. The number of hydrogen-bond acceptors (Lipinski definition) is 7. The number of likely N-dealkylation sites (tertiary alicyclic amines) is 1. The molecule has 2 saturated heterocycles. The number of carboxylic acid groups (broad SMARTS) is 1. The first kappa shape index (κ1) is 27.7. The predicted molar refractivity (Wildman–Crippen MR) is 153 cm³/mol. The Labute approximate surface area is 242 Å². The van der Waals surface area contributed by atoms with E-state index in [0.717, 1.165) is 16.7 Å². The van der Waals surface area contributed by atoms with Gasteiger partial charge in [0.25, 0.3) is 5.89 Å². The second-order valence-electron chi connectivity index (χ2n) is 10.7. The molecule has 1 aromatic heterocycles. The SMILES string of the molecule is O=C(O)C1(C(=O)N2CCOCC2)CCN(Cc2ccc(-c3noc(-c4ccc(-c5ccccc5)c(F)c4)n3)cc2)CC1. The summed E-state index contributed by atoms with van der Waals surface area (Å²) in [5.41, 5.74) is 2.22. The van der Waals surface area contributed by atoms with Gasteiger partial charge in [-0.15, -0.1) is 0 Å². The lowest BCUT2D eigenvalue weighted by atomic mass is 9.76. The van der Waals surface area contributed by atoms with Gasteiger partial charge in [-0.2, -0.15) is 4.98 Å². The van der Waals surface area contributed by atoms with Gasteiger partial charge in [-0.25, -0.2) is 4.39 Å². The summed E-state index contributed by atoms with van der Waals surface area (Å²) in [6.07, 6.45) is 0.546. The fraction of sp³-hybridized carbons (Fsp3) is 0.312. The van der Waals surface area contributed by atoms with Crippen LogP contribution >= 0.6 is 0 Å². The third kappa shape index (κ3) is 5.55. The summed E-state index contributed by atoms with van der Waals surface area (Å²) < 4.78 is 25.6. The van der Waals surface area contributed by atoms with Crippen LogP contribution in [0.25, 0.3) is 34.0 Å². The molecule has 42 heavy (non-hydrogen) atoms. The van der Waals surface area contributed by atoms with Gasteiger partial charge in [0.2, 0.25) is 11.7 Å². The lowest BCUT2D eigenvalue weighted by Gasteiger charge is -2.41. The van der Waals surface area contributed by atoms with Crippen LogP contribution in [0.1, 0.15) is 18.4 Å². The molecule has 0 atom stereocenters. The van der Waals surface area contributed by atoms with Crippen LogP contribution in [-0.4, -0.2) is 76.3 Å². The third-order valence-corrected chi connectivity index (χ3v) is 8.17. The smallest absolute Gasteiger partial charge is 0.319 e. The second-order valence-corrected chi connectivity index (χ2v) is 10.7. The number of amides is 1. The van der Waals surface area contributed by atoms with E-state index in [1.807, 2.05) is 54.6 Å². The van der Waals surface area contributed by atoms with E-state index in [-0.39, 0.29) is 30.5 Å². The van der Waals surface area contributed by atoms with E-state index in [2.05, 4.69) is 15.0 Å². The van der Waals surface area contributed by atoms with Gasteiger partial charge in [-0.05, 0) is 36.1 Å². The number of aromatic nitrogens is 2. The van der Waals surface area contributed by atoms with Crippen molar-refractivity contribution in [2.24, 2.45) is 5.41 Å². The highest BCUT2D eigenvalue weighted by Gasteiger charge is 2.50. The summed E-state index contributed by atoms with van der Waals surface area (Å²) in [4.78, 5) is 33.7. The average Bonchev–Trinajstić information content (AvgIpc) is 3.53. The van der Waals surface area contributed by atoms with Crippen molar-refractivity contribution in [2.75, 3.05) is 39.4 Å². The molecule has 2 aliphatic heterocycles. The van der Waals surface area contributed by atoms with Crippen LogP contribution in [0.15, 0.2) is 77.3 Å². The Morgan fingerprint density at radius 3 is 2.24 bits per heavy atom. The van der Waals surface area contributed by atoms with Gasteiger partial charge in [0.1, 0.15) is 11.2 Å². The number of benzene rings is 3. The van der Waals surface area contributed by atoms with E-state index in [4.69, 9.17) is 9.26 Å². The van der Waals surface area contributed by atoms with E-state index in [1.54, 1.807) is 17.0 Å².